The second kappa shape index (κ2) is 7.72. The Morgan fingerprint density at radius 1 is 1.20 bits per heavy atom. The maximum atomic E-state index is 11.6. The molecule has 0 rings (SSSR count). The van der Waals surface area contributed by atoms with E-state index in [-0.39, 0.29) is 12.5 Å². The molecule has 0 saturated carbocycles. The normalized spacial score (nSPS) is 12.7. The van der Waals surface area contributed by atoms with Crippen LogP contribution in [0.2, 0.25) is 0 Å². The molecule has 0 aromatic heterocycles. The summed E-state index contributed by atoms with van der Waals surface area (Å²) in [4.78, 5) is 33.9. The molecular weight excluding hydrogens is 264 g/mol. The molecule has 0 radical (unpaired) electrons. The van der Waals surface area contributed by atoms with E-state index in [1.807, 2.05) is 13.8 Å². The SMILES string of the molecule is CC(C)C[C@H](NC(=O)CNC(=O)OC(C)(C)C)C(=O)O. The van der Waals surface area contributed by atoms with Crippen molar-refractivity contribution in [3.63, 3.8) is 0 Å². The number of rotatable bonds is 6. The fraction of sp³-hybridized carbons (Fsp3) is 0.769. The Hall–Kier alpha value is -1.79. The number of aliphatic carboxylic acids is 1. The standard InChI is InChI=1S/C13H24N2O5/c1-8(2)6-9(11(17)18)15-10(16)7-14-12(19)20-13(3,4)5/h8-9H,6-7H2,1-5H3,(H,14,19)(H,15,16)(H,17,18)/t9-/m0/s1. The number of alkyl carbamates (subject to hydrolysis) is 1. The van der Waals surface area contributed by atoms with Gasteiger partial charge in [-0.3, -0.25) is 4.79 Å². The summed E-state index contributed by atoms with van der Waals surface area (Å²) in [6.07, 6.45) is -0.392. The summed E-state index contributed by atoms with van der Waals surface area (Å²) in [5.41, 5.74) is -0.651. The maximum Gasteiger partial charge on any atom is 0.408 e. The highest BCUT2D eigenvalue weighted by Gasteiger charge is 2.22. The van der Waals surface area contributed by atoms with Gasteiger partial charge in [0.05, 0.1) is 0 Å². The number of carbonyl (C=O) groups excluding carboxylic acids is 2. The highest BCUT2D eigenvalue weighted by molar-refractivity contribution is 5.86. The van der Waals surface area contributed by atoms with Crippen molar-refractivity contribution in [3.8, 4) is 0 Å². The summed E-state index contributed by atoms with van der Waals surface area (Å²) in [7, 11) is 0. The van der Waals surface area contributed by atoms with E-state index in [0.717, 1.165) is 0 Å². The van der Waals surface area contributed by atoms with Gasteiger partial charge in [0.15, 0.2) is 0 Å². The molecule has 0 aromatic carbocycles. The van der Waals surface area contributed by atoms with Crippen LogP contribution in [0, 0.1) is 5.92 Å². The third kappa shape index (κ3) is 9.18. The molecule has 116 valence electrons. The van der Waals surface area contributed by atoms with Gasteiger partial charge in [0.25, 0.3) is 0 Å². The van der Waals surface area contributed by atoms with Crippen molar-refractivity contribution < 1.29 is 24.2 Å². The minimum Gasteiger partial charge on any atom is -0.480 e. The summed E-state index contributed by atoms with van der Waals surface area (Å²) >= 11 is 0. The van der Waals surface area contributed by atoms with Crippen molar-refractivity contribution in [1.82, 2.24) is 10.6 Å². The number of ether oxygens (including phenoxy) is 1. The van der Waals surface area contributed by atoms with E-state index in [1.165, 1.54) is 0 Å². The summed E-state index contributed by atoms with van der Waals surface area (Å²) in [6, 6.07) is -0.956. The second-order valence-corrected chi connectivity index (χ2v) is 5.94. The zero-order valence-corrected chi connectivity index (χ0v) is 12.6. The van der Waals surface area contributed by atoms with Crippen LogP contribution in [0.4, 0.5) is 4.79 Å². The van der Waals surface area contributed by atoms with Crippen molar-refractivity contribution in [2.24, 2.45) is 5.92 Å². The predicted octanol–water partition coefficient (Wildman–Crippen LogP) is 1.13. The maximum absolute atomic E-state index is 11.6. The first kappa shape index (κ1) is 18.2. The number of carboxylic acid groups (broad SMARTS) is 1. The van der Waals surface area contributed by atoms with Crippen LogP contribution in [0.1, 0.15) is 41.0 Å². The van der Waals surface area contributed by atoms with Crippen LogP contribution in [-0.4, -0.2) is 41.3 Å². The molecule has 0 spiro atoms. The van der Waals surface area contributed by atoms with Crippen molar-refractivity contribution in [2.75, 3.05) is 6.54 Å². The van der Waals surface area contributed by atoms with E-state index in [2.05, 4.69) is 10.6 Å². The van der Waals surface area contributed by atoms with Gasteiger partial charge >= 0.3 is 12.1 Å². The highest BCUT2D eigenvalue weighted by Crippen LogP contribution is 2.06. The van der Waals surface area contributed by atoms with Gasteiger partial charge in [-0.1, -0.05) is 13.8 Å². The summed E-state index contributed by atoms with van der Waals surface area (Å²) in [5.74, 6) is -1.52. The van der Waals surface area contributed by atoms with E-state index in [0.29, 0.717) is 6.42 Å². The van der Waals surface area contributed by atoms with Crippen LogP contribution in [-0.2, 0) is 14.3 Å². The van der Waals surface area contributed by atoms with Gasteiger partial charge < -0.3 is 20.5 Å². The van der Waals surface area contributed by atoms with Crippen LogP contribution >= 0.6 is 0 Å². The highest BCUT2D eigenvalue weighted by atomic mass is 16.6. The Balaban J connectivity index is 4.21. The lowest BCUT2D eigenvalue weighted by Crippen LogP contribution is -2.46. The van der Waals surface area contributed by atoms with Gasteiger partial charge in [0.2, 0.25) is 5.91 Å². The number of carboxylic acids is 1. The molecule has 0 aliphatic carbocycles. The zero-order valence-electron chi connectivity index (χ0n) is 12.6. The van der Waals surface area contributed by atoms with Gasteiger partial charge in [-0.2, -0.15) is 0 Å². The third-order valence-corrected chi connectivity index (χ3v) is 2.13. The molecule has 20 heavy (non-hydrogen) atoms. The molecule has 0 aliphatic rings. The number of nitrogens with one attached hydrogen (secondary N) is 2. The Morgan fingerprint density at radius 3 is 2.15 bits per heavy atom. The van der Waals surface area contributed by atoms with Gasteiger partial charge in [0.1, 0.15) is 18.2 Å². The Kier molecular flexibility index (Phi) is 7.02. The van der Waals surface area contributed by atoms with E-state index < -0.39 is 29.6 Å². The lowest BCUT2D eigenvalue weighted by Gasteiger charge is -2.20. The van der Waals surface area contributed by atoms with Crippen molar-refractivity contribution >= 4 is 18.0 Å². The van der Waals surface area contributed by atoms with Crippen LogP contribution in [0.5, 0.6) is 0 Å². The second-order valence-electron chi connectivity index (χ2n) is 5.94. The quantitative estimate of drug-likeness (QED) is 0.679. The molecule has 7 heteroatoms. The first-order valence-corrected chi connectivity index (χ1v) is 6.50. The fourth-order valence-corrected chi connectivity index (χ4v) is 1.40. The predicted molar refractivity (Wildman–Crippen MR) is 73.3 cm³/mol. The van der Waals surface area contributed by atoms with Crippen LogP contribution in [0.3, 0.4) is 0 Å². The number of hydrogen-bond donors (Lipinski definition) is 3. The molecular formula is C13H24N2O5. The van der Waals surface area contributed by atoms with Gasteiger partial charge in [-0.05, 0) is 33.1 Å². The Bertz CT molecular complexity index is 360. The third-order valence-electron chi connectivity index (χ3n) is 2.13. The smallest absolute Gasteiger partial charge is 0.408 e. The number of amides is 2. The van der Waals surface area contributed by atoms with E-state index in [9.17, 15) is 14.4 Å². The molecule has 3 N–H and O–H groups in total. The van der Waals surface area contributed by atoms with E-state index in [1.54, 1.807) is 20.8 Å². The largest absolute Gasteiger partial charge is 0.480 e. The first-order valence-electron chi connectivity index (χ1n) is 6.50. The zero-order chi connectivity index (χ0) is 15.9. The molecule has 0 unspecified atom stereocenters. The Labute approximate surface area is 119 Å². The minimum atomic E-state index is -1.09. The van der Waals surface area contributed by atoms with E-state index in [4.69, 9.17) is 9.84 Å². The average Bonchev–Trinajstić information content (AvgIpc) is 2.22. The monoisotopic (exact) mass is 288 g/mol. The van der Waals surface area contributed by atoms with Gasteiger partial charge in [0, 0.05) is 0 Å². The van der Waals surface area contributed by atoms with Crippen LogP contribution < -0.4 is 10.6 Å². The first-order chi connectivity index (χ1) is 9.01. The molecule has 7 nitrogen and oxygen atoms in total. The Morgan fingerprint density at radius 2 is 1.75 bits per heavy atom. The fourth-order valence-electron chi connectivity index (χ4n) is 1.40. The molecule has 2 amide bonds. The van der Waals surface area contributed by atoms with Crippen molar-refractivity contribution in [3.05, 3.63) is 0 Å². The molecule has 0 fully saturated rings. The van der Waals surface area contributed by atoms with Crippen molar-refractivity contribution in [2.45, 2.75) is 52.7 Å². The average molecular weight is 288 g/mol. The number of carbonyl (C=O) groups is 3. The van der Waals surface area contributed by atoms with Gasteiger partial charge in [-0.25, -0.2) is 9.59 Å². The molecule has 0 aliphatic heterocycles. The molecule has 0 bridgehead atoms. The van der Waals surface area contributed by atoms with E-state index >= 15 is 0 Å². The van der Waals surface area contributed by atoms with Crippen LogP contribution in [0.25, 0.3) is 0 Å². The molecule has 0 aromatic rings. The van der Waals surface area contributed by atoms with Gasteiger partial charge in [-0.15, -0.1) is 0 Å². The van der Waals surface area contributed by atoms with Crippen molar-refractivity contribution in [1.29, 1.82) is 0 Å². The molecule has 0 saturated heterocycles. The molecule has 0 heterocycles. The van der Waals surface area contributed by atoms with Crippen LogP contribution in [0.15, 0.2) is 0 Å². The summed E-state index contributed by atoms with van der Waals surface area (Å²) < 4.78 is 4.96. The number of hydrogen-bond acceptors (Lipinski definition) is 4. The lowest BCUT2D eigenvalue weighted by atomic mass is 10.0. The summed E-state index contributed by atoms with van der Waals surface area (Å²) in [6.45, 7) is 8.51. The minimum absolute atomic E-state index is 0.134. The lowest BCUT2D eigenvalue weighted by molar-refractivity contribution is -0.142. The summed E-state index contributed by atoms with van der Waals surface area (Å²) in [5, 5.41) is 13.6. The molecule has 1 atom stereocenters. The topological polar surface area (TPSA) is 105 Å².